The fourth-order valence-electron chi connectivity index (χ4n) is 2.26. The molecule has 1 aliphatic rings. The van der Waals surface area contributed by atoms with Crippen LogP contribution in [0.5, 0.6) is 5.75 Å². The lowest BCUT2D eigenvalue weighted by molar-refractivity contribution is -0.767. The van der Waals surface area contributed by atoms with Crippen molar-refractivity contribution in [3.63, 3.8) is 0 Å². The molecule has 0 spiro atoms. The number of alkyl halides is 3. The smallest absolute Gasteiger partial charge is 0.474 e. The van der Waals surface area contributed by atoms with Crippen LogP contribution in [0.15, 0.2) is 17.7 Å². The number of rotatable bonds is 7. The highest BCUT2D eigenvalue weighted by atomic mass is 35.5. The Kier molecular flexibility index (Phi) is 7.79. The van der Waals surface area contributed by atoms with E-state index in [1.807, 2.05) is 0 Å². The van der Waals surface area contributed by atoms with Gasteiger partial charge in [-0.15, -0.1) is 10.1 Å². The van der Waals surface area contributed by atoms with Crippen LogP contribution in [-0.2, 0) is 23.8 Å². The minimum absolute atomic E-state index is 0.00468. The summed E-state index contributed by atoms with van der Waals surface area (Å²) in [5.41, 5.74) is -0.937. The van der Waals surface area contributed by atoms with Crippen molar-refractivity contribution >= 4 is 41.4 Å². The zero-order valence-electron chi connectivity index (χ0n) is 15.3. The van der Waals surface area contributed by atoms with Crippen molar-refractivity contribution in [1.29, 1.82) is 0 Å². The summed E-state index contributed by atoms with van der Waals surface area (Å²) in [6.07, 6.45) is -9.37. The maximum atomic E-state index is 13.4. The molecule has 0 radical (unpaired) electrons. The lowest BCUT2D eigenvalue weighted by atomic mass is 10.0. The molecule has 0 aromatic heterocycles. The second-order valence-electron chi connectivity index (χ2n) is 5.84. The van der Waals surface area contributed by atoms with Crippen LogP contribution in [0.1, 0.15) is 12.5 Å². The quantitative estimate of drug-likeness (QED) is 0.242. The Morgan fingerprint density at radius 2 is 1.94 bits per heavy atom. The topological polar surface area (TPSA) is 123 Å². The lowest BCUT2D eigenvalue weighted by Crippen LogP contribution is -2.41. The van der Waals surface area contributed by atoms with Gasteiger partial charge in [0.05, 0.1) is 10.6 Å². The number of hydrogen-bond acceptors (Lipinski definition) is 9. The molecule has 1 aliphatic heterocycles. The van der Waals surface area contributed by atoms with Gasteiger partial charge in [0.2, 0.25) is 12.9 Å². The molecule has 0 amide bonds. The molecule has 2 rings (SSSR count). The van der Waals surface area contributed by atoms with Gasteiger partial charge in [0.25, 0.3) is 5.09 Å². The first-order valence-electron chi connectivity index (χ1n) is 8.10. The SMILES string of the molecule is C[C@@H](COC(=O)OCOC(=O)C1=Cc2cc(Cl)cc(Cl)c2OC1C(F)(F)F)O[N+](=O)[O-]. The fraction of sp³-hybridized carbons (Fsp3) is 0.375. The Hall–Kier alpha value is -2.93. The molecule has 1 aromatic rings. The molecular weight excluding hydrogens is 478 g/mol. The van der Waals surface area contributed by atoms with Crippen molar-refractivity contribution in [1.82, 2.24) is 0 Å². The Morgan fingerprint density at radius 1 is 1.26 bits per heavy atom. The van der Waals surface area contributed by atoms with Gasteiger partial charge >= 0.3 is 18.3 Å². The lowest BCUT2D eigenvalue weighted by Gasteiger charge is -2.28. The largest absolute Gasteiger partial charge is 0.511 e. The molecule has 31 heavy (non-hydrogen) atoms. The van der Waals surface area contributed by atoms with Crippen LogP contribution in [0, 0.1) is 10.1 Å². The summed E-state index contributed by atoms with van der Waals surface area (Å²) in [4.78, 5) is 37.7. The highest BCUT2D eigenvalue weighted by Gasteiger charge is 2.49. The minimum Gasteiger partial charge on any atom is -0.474 e. The molecule has 0 N–H and O–H groups in total. The fourth-order valence-corrected chi connectivity index (χ4v) is 2.82. The Labute approximate surface area is 181 Å². The summed E-state index contributed by atoms with van der Waals surface area (Å²) in [6, 6.07) is 2.40. The van der Waals surface area contributed by atoms with Crippen molar-refractivity contribution in [2.24, 2.45) is 0 Å². The van der Waals surface area contributed by atoms with Crippen molar-refractivity contribution < 1.29 is 51.6 Å². The van der Waals surface area contributed by atoms with E-state index >= 15 is 0 Å². The highest BCUT2D eigenvalue weighted by Crippen LogP contribution is 2.42. The molecule has 10 nitrogen and oxygen atoms in total. The minimum atomic E-state index is -5.00. The average molecular weight is 490 g/mol. The molecule has 1 heterocycles. The van der Waals surface area contributed by atoms with Crippen LogP contribution < -0.4 is 4.74 Å². The van der Waals surface area contributed by atoms with Gasteiger partial charge in [-0.3, -0.25) is 0 Å². The van der Waals surface area contributed by atoms with Gasteiger partial charge in [-0.1, -0.05) is 23.2 Å². The van der Waals surface area contributed by atoms with Crippen LogP contribution in [-0.4, -0.2) is 49.0 Å². The third-order valence-electron chi connectivity index (χ3n) is 3.47. The molecule has 0 aliphatic carbocycles. The maximum absolute atomic E-state index is 13.4. The Balaban J connectivity index is 2.02. The second-order valence-corrected chi connectivity index (χ2v) is 6.68. The van der Waals surface area contributed by atoms with Gasteiger partial charge in [0.15, 0.2) is 0 Å². The molecule has 170 valence electrons. The van der Waals surface area contributed by atoms with E-state index < -0.39 is 54.6 Å². The summed E-state index contributed by atoms with van der Waals surface area (Å²) in [5.74, 6) is -1.82. The van der Waals surface area contributed by atoms with E-state index in [1.165, 1.54) is 19.1 Å². The standard InChI is InChI=1S/C16H12Cl2F3NO9/c1-7(31-22(25)26)5-27-15(24)29-6-28-14(23)10-3-8-2-9(17)4-11(18)12(8)30-13(10)16(19,20)21/h2-4,7,13H,5-6H2,1H3/t7-,13?/m0/s1. The van der Waals surface area contributed by atoms with Gasteiger partial charge < -0.3 is 23.8 Å². The predicted octanol–water partition coefficient (Wildman–Crippen LogP) is 3.95. The van der Waals surface area contributed by atoms with Crippen molar-refractivity contribution in [2.45, 2.75) is 25.3 Å². The maximum Gasteiger partial charge on any atom is 0.511 e. The van der Waals surface area contributed by atoms with Crippen LogP contribution in [0.3, 0.4) is 0 Å². The van der Waals surface area contributed by atoms with Crippen molar-refractivity contribution in [2.75, 3.05) is 13.4 Å². The molecular formula is C16H12Cl2F3NO9. The van der Waals surface area contributed by atoms with E-state index in [1.54, 1.807) is 0 Å². The van der Waals surface area contributed by atoms with Gasteiger partial charge in [0, 0.05) is 10.6 Å². The third kappa shape index (κ3) is 6.79. The van der Waals surface area contributed by atoms with Crippen LogP contribution in [0.4, 0.5) is 18.0 Å². The number of nitrogens with zero attached hydrogens (tertiary/aromatic N) is 1. The zero-order chi connectivity index (χ0) is 23.3. The number of esters is 1. The van der Waals surface area contributed by atoms with Gasteiger partial charge in [0.1, 0.15) is 18.5 Å². The third-order valence-corrected chi connectivity index (χ3v) is 3.97. The van der Waals surface area contributed by atoms with Gasteiger partial charge in [-0.2, -0.15) is 13.2 Å². The summed E-state index contributed by atoms with van der Waals surface area (Å²) in [6.45, 7) is -0.451. The van der Waals surface area contributed by atoms with E-state index in [0.29, 0.717) is 0 Å². The van der Waals surface area contributed by atoms with Crippen molar-refractivity contribution in [3.8, 4) is 5.75 Å². The molecule has 0 saturated carbocycles. The molecule has 0 bridgehead atoms. The van der Waals surface area contributed by atoms with E-state index in [-0.39, 0.29) is 21.4 Å². The number of hydrogen-bond donors (Lipinski definition) is 0. The van der Waals surface area contributed by atoms with Crippen LogP contribution >= 0.6 is 23.2 Å². The Bertz CT molecular complexity index is 907. The number of carbonyl (C=O) groups excluding carboxylic acids is 2. The summed E-state index contributed by atoms with van der Waals surface area (Å²) in [5, 5.41) is 8.90. The van der Waals surface area contributed by atoms with E-state index in [0.717, 1.165) is 6.08 Å². The molecule has 0 saturated heterocycles. The molecule has 0 fully saturated rings. The monoisotopic (exact) mass is 489 g/mol. The van der Waals surface area contributed by atoms with Crippen LogP contribution in [0.25, 0.3) is 6.08 Å². The van der Waals surface area contributed by atoms with Crippen molar-refractivity contribution in [3.05, 3.63) is 43.4 Å². The predicted molar refractivity (Wildman–Crippen MR) is 95.8 cm³/mol. The highest BCUT2D eigenvalue weighted by molar-refractivity contribution is 6.36. The first-order valence-corrected chi connectivity index (χ1v) is 8.86. The molecule has 1 aromatic carbocycles. The zero-order valence-corrected chi connectivity index (χ0v) is 16.8. The average Bonchev–Trinajstić information content (AvgIpc) is 2.63. The molecule has 2 atom stereocenters. The van der Waals surface area contributed by atoms with Gasteiger partial charge in [-0.25, -0.2) is 9.59 Å². The number of benzene rings is 1. The summed E-state index contributed by atoms with van der Waals surface area (Å²) in [7, 11) is 0. The normalized spacial score (nSPS) is 16.2. The number of ether oxygens (including phenoxy) is 4. The van der Waals surface area contributed by atoms with Crippen LogP contribution in [0.2, 0.25) is 10.0 Å². The second kappa shape index (κ2) is 9.92. The number of carbonyl (C=O) groups is 2. The number of fused-ring (bicyclic) bond motifs is 1. The van der Waals surface area contributed by atoms with E-state index in [2.05, 4.69) is 19.0 Å². The first-order chi connectivity index (χ1) is 14.4. The number of halogens is 5. The van der Waals surface area contributed by atoms with Gasteiger partial charge in [-0.05, 0) is 25.1 Å². The summed E-state index contributed by atoms with van der Waals surface area (Å²) >= 11 is 11.7. The Morgan fingerprint density at radius 3 is 2.55 bits per heavy atom. The summed E-state index contributed by atoms with van der Waals surface area (Å²) < 4.78 is 58.3. The van der Waals surface area contributed by atoms with E-state index in [9.17, 15) is 32.9 Å². The van der Waals surface area contributed by atoms with E-state index in [4.69, 9.17) is 27.9 Å². The molecule has 15 heteroatoms. The first kappa shape index (κ1) is 24.3. The molecule has 1 unspecified atom stereocenters.